The lowest BCUT2D eigenvalue weighted by Crippen LogP contribution is -2.04. The number of amidine groups is 1. The average Bonchev–Trinajstić information content (AvgIpc) is 2.54. The number of aryl methyl sites for hydroxylation is 1. The van der Waals surface area contributed by atoms with Crippen LogP contribution >= 0.6 is 11.8 Å². The number of aromatic nitrogens is 2. The molecule has 0 saturated carbocycles. The van der Waals surface area contributed by atoms with Crippen LogP contribution in [0, 0.1) is 5.41 Å². The van der Waals surface area contributed by atoms with E-state index in [1.807, 2.05) is 36.0 Å². The first kappa shape index (κ1) is 10.0. The van der Waals surface area contributed by atoms with Crippen LogP contribution in [0.3, 0.4) is 0 Å². The minimum atomic E-state index is 0.129. The fraction of sp³-hybridized carbons (Fsp3) is 0.200. The van der Waals surface area contributed by atoms with E-state index in [0.717, 1.165) is 16.6 Å². The summed E-state index contributed by atoms with van der Waals surface area (Å²) in [5, 5.41) is 12.8. The van der Waals surface area contributed by atoms with Gasteiger partial charge in [0.1, 0.15) is 0 Å². The van der Waals surface area contributed by atoms with Crippen molar-refractivity contribution in [3.05, 3.63) is 30.0 Å². The Morgan fingerprint density at radius 3 is 3.00 bits per heavy atom. The number of nitrogens with zero attached hydrogens (tertiary/aromatic N) is 2. The molecule has 0 aliphatic heterocycles. The Balaban J connectivity index is 2.39. The van der Waals surface area contributed by atoms with Crippen LogP contribution in [0.4, 0.5) is 0 Å². The number of nitrogens with two attached hydrogens (primary N) is 1. The molecule has 0 unspecified atom stereocenters. The van der Waals surface area contributed by atoms with E-state index in [1.165, 1.54) is 11.8 Å². The van der Waals surface area contributed by atoms with Gasteiger partial charge in [-0.15, -0.1) is 0 Å². The minimum absolute atomic E-state index is 0.129. The zero-order valence-electron chi connectivity index (χ0n) is 8.40. The summed E-state index contributed by atoms with van der Waals surface area (Å²) >= 11 is 1.30. The van der Waals surface area contributed by atoms with Crippen LogP contribution in [-0.2, 0) is 12.8 Å². The first-order chi connectivity index (χ1) is 7.18. The van der Waals surface area contributed by atoms with Gasteiger partial charge in [0.05, 0.1) is 11.2 Å². The summed E-state index contributed by atoms with van der Waals surface area (Å²) in [7, 11) is 1.92. The van der Waals surface area contributed by atoms with E-state index in [9.17, 15) is 0 Å². The normalized spacial score (nSPS) is 10.7. The maximum absolute atomic E-state index is 7.16. The lowest BCUT2D eigenvalue weighted by Gasteiger charge is -1.95. The molecular formula is C10H12N4S. The van der Waals surface area contributed by atoms with E-state index >= 15 is 0 Å². The third-order valence-corrected chi connectivity index (χ3v) is 2.93. The van der Waals surface area contributed by atoms with Gasteiger partial charge in [-0.3, -0.25) is 10.1 Å². The molecule has 1 aromatic heterocycles. The summed E-state index contributed by atoms with van der Waals surface area (Å²) in [4.78, 5) is 0. The van der Waals surface area contributed by atoms with Crippen molar-refractivity contribution in [2.45, 2.75) is 5.75 Å². The molecule has 4 nitrogen and oxygen atoms in total. The Hall–Kier alpha value is -1.49. The predicted octanol–water partition coefficient (Wildman–Crippen LogP) is 1.70. The van der Waals surface area contributed by atoms with Gasteiger partial charge in [0.25, 0.3) is 0 Å². The zero-order chi connectivity index (χ0) is 10.8. The summed E-state index contributed by atoms with van der Waals surface area (Å²) in [5.74, 6) is 0.649. The van der Waals surface area contributed by atoms with Crippen molar-refractivity contribution in [2.24, 2.45) is 12.8 Å². The number of para-hydroxylation sites is 1. The van der Waals surface area contributed by atoms with Crippen molar-refractivity contribution >= 4 is 27.8 Å². The maximum atomic E-state index is 7.16. The minimum Gasteiger partial charge on any atom is -0.379 e. The second-order valence-corrected chi connectivity index (χ2v) is 4.26. The predicted molar refractivity (Wildman–Crippen MR) is 63.9 cm³/mol. The van der Waals surface area contributed by atoms with Gasteiger partial charge >= 0.3 is 0 Å². The summed E-state index contributed by atoms with van der Waals surface area (Å²) in [6.07, 6.45) is 0. The molecule has 1 aromatic carbocycles. The van der Waals surface area contributed by atoms with Crippen LogP contribution in [0.15, 0.2) is 24.3 Å². The summed E-state index contributed by atoms with van der Waals surface area (Å²) in [5.41, 5.74) is 7.39. The van der Waals surface area contributed by atoms with Gasteiger partial charge in [-0.2, -0.15) is 5.10 Å². The lowest BCUT2D eigenvalue weighted by atomic mass is 10.2. The fourth-order valence-corrected chi connectivity index (χ4v) is 2.05. The highest BCUT2D eigenvalue weighted by molar-refractivity contribution is 8.13. The maximum Gasteiger partial charge on any atom is 0.151 e. The summed E-state index contributed by atoms with van der Waals surface area (Å²) < 4.78 is 1.85. The Labute approximate surface area is 92.0 Å². The van der Waals surface area contributed by atoms with Crippen LogP contribution in [-0.4, -0.2) is 14.9 Å². The van der Waals surface area contributed by atoms with Crippen molar-refractivity contribution in [1.29, 1.82) is 5.41 Å². The molecule has 0 bridgehead atoms. The van der Waals surface area contributed by atoms with E-state index in [0.29, 0.717) is 5.75 Å². The summed E-state index contributed by atoms with van der Waals surface area (Å²) in [6, 6.07) is 8.06. The highest BCUT2D eigenvalue weighted by Crippen LogP contribution is 2.21. The molecule has 1 heterocycles. The molecule has 0 spiro atoms. The average molecular weight is 220 g/mol. The number of nitrogens with one attached hydrogen (secondary N) is 1. The molecule has 2 aromatic rings. The molecule has 15 heavy (non-hydrogen) atoms. The molecule has 5 heteroatoms. The Morgan fingerprint density at radius 1 is 1.53 bits per heavy atom. The van der Waals surface area contributed by atoms with Gasteiger partial charge in [-0.25, -0.2) is 0 Å². The molecule has 0 radical (unpaired) electrons. The smallest absolute Gasteiger partial charge is 0.151 e. The third-order valence-electron chi connectivity index (χ3n) is 2.20. The van der Waals surface area contributed by atoms with Crippen molar-refractivity contribution in [3.8, 4) is 0 Å². The second kappa shape index (κ2) is 3.94. The van der Waals surface area contributed by atoms with Gasteiger partial charge < -0.3 is 5.73 Å². The molecule has 0 aliphatic rings. The first-order valence-electron chi connectivity index (χ1n) is 4.56. The molecule has 3 N–H and O–H groups in total. The van der Waals surface area contributed by atoms with Crippen molar-refractivity contribution < 1.29 is 0 Å². The number of hydrogen-bond donors (Lipinski definition) is 2. The van der Waals surface area contributed by atoms with Crippen LogP contribution in [0.5, 0.6) is 0 Å². The Kier molecular flexibility index (Phi) is 2.64. The largest absolute Gasteiger partial charge is 0.379 e. The SMILES string of the molecule is Cn1nc(CSC(=N)N)c2ccccc21. The van der Waals surface area contributed by atoms with Crippen molar-refractivity contribution in [3.63, 3.8) is 0 Å². The van der Waals surface area contributed by atoms with Crippen molar-refractivity contribution in [2.75, 3.05) is 0 Å². The fourth-order valence-electron chi connectivity index (χ4n) is 1.54. The van der Waals surface area contributed by atoms with Crippen LogP contribution in [0.25, 0.3) is 10.9 Å². The van der Waals surface area contributed by atoms with E-state index in [1.54, 1.807) is 0 Å². The van der Waals surface area contributed by atoms with Crippen LogP contribution in [0.2, 0.25) is 0 Å². The molecular weight excluding hydrogens is 208 g/mol. The Morgan fingerprint density at radius 2 is 2.27 bits per heavy atom. The van der Waals surface area contributed by atoms with Gasteiger partial charge in [0.2, 0.25) is 0 Å². The Bertz CT molecular complexity index is 503. The summed E-state index contributed by atoms with van der Waals surface area (Å²) in [6.45, 7) is 0. The van der Waals surface area contributed by atoms with Crippen LogP contribution < -0.4 is 5.73 Å². The number of benzene rings is 1. The van der Waals surface area contributed by atoms with Crippen molar-refractivity contribution in [1.82, 2.24) is 9.78 Å². The highest BCUT2D eigenvalue weighted by atomic mass is 32.2. The molecule has 0 fully saturated rings. The van der Waals surface area contributed by atoms with Gasteiger partial charge in [0, 0.05) is 18.2 Å². The van der Waals surface area contributed by atoms with Crippen LogP contribution in [0.1, 0.15) is 5.69 Å². The standard InChI is InChI=1S/C10H12N4S/c1-14-9-5-3-2-4-7(9)8(13-14)6-15-10(11)12/h2-5H,6H2,1H3,(H3,11,12). The first-order valence-corrected chi connectivity index (χ1v) is 5.54. The zero-order valence-corrected chi connectivity index (χ0v) is 9.21. The molecule has 0 atom stereocenters. The van der Waals surface area contributed by atoms with E-state index in [4.69, 9.17) is 11.1 Å². The molecule has 0 saturated heterocycles. The monoisotopic (exact) mass is 220 g/mol. The number of thioether (sulfide) groups is 1. The topological polar surface area (TPSA) is 67.7 Å². The van der Waals surface area contributed by atoms with Gasteiger partial charge in [-0.05, 0) is 6.07 Å². The van der Waals surface area contributed by atoms with E-state index in [2.05, 4.69) is 5.10 Å². The highest BCUT2D eigenvalue weighted by Gasteiger charge is 2.07. The molecule has 78 valence electrons. The van der Waals surface area contributed by atoms with Gasteiger partial charge in [0.15, 0.2) is 5.17 Å². The van der Waals surface area contributed by atoms with E-state index in [-0.39, 0.29) is 5.17 Å². The lowest BCUT2D eigenvalue weighted by molar-refractivity contribution is 0.781. The van der Waals surface area contributed by atoms with E-state index < -0.39 is 0 Å². The number of hydrogen-bond acceptors (Lipinski definition) is 3. The molecule has 2 rings (SSSR count). The molecule has 0 amide bonds. The number of rotatable bonds is 2. The number of fused-ring (bicyclic) bond motifs is 1. The second-order valence-electron chi connectivity index (χ2n) is 3.24. The molecule has 0 aliphatic carbocycles. The third kappa shape index (κ3) is 1.97. The quantitative estimate of drug-likeness (QED) is 0.598. The van der Waals surface area contributed by atoms with Gasteiger partial charge in [-0.1, -0.05) is 30.0 Å².